The lowest BCUT2D eigenvalue weighted by molar-refractivity contribution is -0.112. The SMILES string of the molecule is CN1C(=O)C(=Cc2ccc(OCc3ccccc3)c(OCc3ccccc3)c2)c2ccccc21. The summed E-state index contributed by atoms with van der Waals surface area (Å²) in [5.41, 5.74) is 5.56. The third-order valence-corrected chi connectivity index (χ3v) is 5.84. The van der Waals surface area contributed by atoms with Gasteiger partial charge in [0.05, 0.1) is 5.69 Å². The number of ether oxygens (including phenoxy) is 2. The molecule has 1 aliphatic heterocycles. The fourth-order valence-corrected chi connectivity index (χ4v) is 4.02. The second-order valence-electron chi connectivity index (χ2n) is 8.19. The van der Waals surface area contributed by atoms with Gasteiger partial charge >= 0.3 is 0 Å². The third kappa shape index (κ3) is 4.57. The molecule has 0 aliphatic carbocycles. The maximum absolute atomic E-state index is 12.9. The Labute approximate surface area is 199 Å². The Morgan fingerprint density at radius 1 is 0.706 bits per heavy atom. The summed E-state index contributed by atoms with van der Waals surface area (Å²) >= 11 is 0. The maximum Gasteiger partial charge on any atom is 0.258 e. The first kappa shape index (κ1) is 21.5. The summed E-state index contributed by atoms with van der Waals surface area (Å²) in [5, 5.41) is 0. The third-order valence-electron chi connectivity index (χ3n) is 5.84. The lowest BCUT2D eigenvalue weighted by atomic mass is 10.0. The van der Waals surface area contributed by atoms with Crippen LogP contribution in [0.3, 0.4) is 0 Å². The fourth-order valence-electron chi connectivity index (χ4n) is 4.02. The van der Waals surface area contributed by atoms with Crippen LogP contribution in [-0.4, -0.2) is 13.0 Å². The molecule has 0 atom stereocenters. The molecular weight excluding hydrogens is 422 g/mol. The molecule has 34 heavy (non-hydrogen) atoms. The molecule has 0 bridgehead atoms. The molecule has 1 heterocycles. The van der Waals surface area contributed by atoms with Crippen LogP contribution in [0.4, 0.5) is 5.69 Å². The highest BCUT2D eigenvalue weighted by molar-refractivity contribution is 6.35. The van der Waals surface area contributed by atoms with E-state index in [0.717, 1.165) is 27.9 Å². The number of hydrogen-bond acceptors (Lipinski definition) is 3. The highest BCUT2D eigenvalue weighted by atomic mass is 16.5. The zero-order chi connectivity index (χ0) is 23.3. The van der Waals surface area contributed by atoms with E-state index in [-0.39, 0.29) is 5.91 Å². The number of para-hydroxylation sites is 1. The first-order valence-corrected chi connectivity index (χ1v) is 11.3. The second-order valence-corrected chi connectivity index (χ2v) is 8.19. The number of carbonyl (C=O) groups is 1. The van der Waals surface area contributed by atoms with Gasteiger partial charge in [0.25, 0.3) is 5.91 Å². The van der Waals surface area contributed by atoms with E-state index in [4.69, 9.17) is 9.47 Å². The topological polar surface area (TPSA) is 38.8 Å². The van der Waals surface area contributed by atoms with E-state index in [1.54, 1.807) is 11.9 Å². The molecule has 0 fully saturated rings. The number of fused-ring (bicyclic) bond motifs is 1. The maximum atomic E-state index is 12.9. The summed E-state index contributed by atoms with van der Waals surface area (Å²) in [4.78, 5) is 14.6. The van der Waals surface area contributed by atoms with Crippen molar-refractivity contribution in [2.24, 2.45) is 0 Å². The number of benzene rings is 4. The van der Waals surface area contributed by atoms with Crippen LogP contribution in [0.2, 0.25) is 0 Å². The van der Waals surface area contributed by atoms with Crippen molar-refractivity contribution in [3.8, 4) is 11.5 Å². The van der Waals surface area contributed by atoms with E-state index in [9.17, 15) is 4.79 Å². The molecule has 0 aromatic heterocycles. The lowest BCUT2D eigenvalue weighted by Gasteiger charge is -2.14. The first-order valence-electron chi connectivity index (χ1n) is 11.3. The Hall–Kier alpha value is -4.31. The van der Waals surface area contributed by atoms with Gasteiger partial charge in [-0.15, -0.1) is 0 Å². The van der Waals surface area contributed by atoms with Crippen molar-refractivity contribution in [2.75, 3.05) is 11.9 Å². The summed E-state index contributed by atoms with van der Waals surface area (Å²) < 4.78 is 12.3. The molecule has 5 rings (SSSR count). The fraction of sp³-hybridized carbons (Fsp3) is 0.100. The molecule has 4 nitrogen and oxygen atoms in total. The average molecular weight is 448 g/mol. The van der Waals surface area contributed by atoms with Crippen LogP contribution in [0, 0.1) is 0 Å². The highest BCUT2D eigenvalue weighted by Crippen LogP contribution is 2.38. The minimum absolute atomic E-state index is 0.0163. The molecule has 4 heteroatoms. The van der Waals surface area contributed by atoms with Crippen molar-refractivity contribution in [1.82, 2.24) is 0 Å². The first-order chi connectivity index (χ1) is 16.7. The Balaban J connectivity index is 1.45. The van der Waals surface area contributed by atoms with Gasteiger partial charge in [0, 0.05) is 18.2 Å². The predicted octanol–water partition coefficient (Wildman–Crippen LogP) is 6.36. The van der Waals surface area contributed by atoms with E-state index >= 15 is 0 Å². The summed E-state index contributed by atoms with van der Waals surface area (Å²) in [6.07, 6.45) is 1.92. The standard InChI is InChI=1S/C30H25NO3/c1-31-27-15-9-8-14-25(27)26(30(31)32)18-24-16-17-28(33-20-22-10-4-2-5-11-22)29(19-24)34-21-23-12-6-3-7-13-23/h2-19H,20-21H2,1H3. The Morgan fingerprint density at radius 2 is 1.29 bits per heavy atom. The minimum atomic E-state index is -0.0163. The summed E-state index contributed by atoms with van der Waals surface area (Å²) in [6, 6.07) is 33.7. The van der Waals surface area contributed by atoms with Crippen molar-refractivity contribution in [1.29, 1.82) is 0 Å². The highest BCUT2D eigenvalue weighted by Gasteiger charge is 2.29. The van der Waals surface area contributed by atoms with Crippen LogP contribution in [0.15, 0.2) is 103 Å². The zero-order valence-corrected chi connectivity index (χ0v) is 19.0. The molecule has 0 saturated heterocycles. The van der Waals surface area contributed by atoms with Gasteiger partial charge in [0.1, 0.15) is 13.2 Å². The molecule has 4 aromatic rings. The van der Waals surface area contributed by atoms with Gasteiger partial charge in [-0.25, -0.2) is 0 Å². The number of hydrogen-bond donors (Lipinski definition) is 0. The molecule has 4 aromatic carbocycles. The van der Waals surface area contributed by atoms with Gasteiger partial charge in [-0.1, -0.05) is 84.9 Å². The number of nitrogens with zero attached hydrogens (tertiary/aromatic N) is 1. The van der Waals surface area contributed by atoms with Crippen molar-refractivity contribution >= 4 is 23.2 Å². The zero-order valence-electron chi connectivity index (χ0n) is 19.0. The average Bonchev–Trinajstić information content (AvgIpc) is 3.13. The van der Waals surface area contributed by atoms with Crippen LogP contribution < -0.4 is 14.4 Å². The molecule has 0 unspecified atom stereocenters. The molecular formula is C30H25NO3. The summed E-state index contributed by atoms with van der Waals surface area (Å²) in [7, 11) is 1.80. The minimum Gasteiger partial charge on any atom is -0.485 e. The van der Waals surface area contributed by atoms with Crippen LogP contribution in [0.5, 0.6) is 11.5 Å². The summed E-state index contributed by atoms with van der Waals surface area (Å²) in [6.45, 7) is 0.868. The van der Waals surface area contributed by atoms with Gasteiger partial charge in [-0.05, 0) is 41.0 Å². The lowest BCUT2D eigenvalue weighted by Crippen LogP contribution is -2.20. The van der Waals surface area contributed by atoms with E-state index in [1.807, 2.05) is 109 Å². The van der Waals surface area contributed by atoms with Crippen LogP contribution in [0.1, 0.15) is 22.3 Å². The second kappa shape index (κ2) is 9.67. The van der Waals surface area contributed by atoms with Crippen LogP contribution in [0.25, 0.3) is 11.6 Å². The largest absolute Gasteiger partial charge is 0.485 e. The van der Waals surface area contributed by atoms with Gasteiger partial charge in [-0.2, -0.15) is 0 Å². The van der Waals surface area contributed by atoms with E-state index in [1.165, 1.54) is 0 Å². The van der Waals surface area contributed by atoms with Gasteiger partial charge in [0.2, 0.25) is 0 Å². The number of rotatable bonds is 7. The van der Waals surface area contributed by atoms with Crippen LogP contribution >= 0.6 is 0 Å². The number of amides is 1. The predicted molar refractivity (Wildman–Crippen MR) is 136 cm³/mol. The molecule has 1 amide bonds. The normalized spacial score (nSPS) is 13.7. The van der Waals surface area contributed by atoms with Gasteiger partial charge in [0.15, 0.2) is 11.5 Å². The molecule has 1 aliphatic rings. The van der Waals surface area contributed by atoms with Crippen molar-refractivity contribution in [3.63, 3.8) is 0 Å². The number of carbonyl (C=O) groups excluding carboxylic acids is 1. The van der Waals surface area contributed by atoms with E-state index in [0.29, 0.717) is 30.3 Å². The molecule has 0 radical (unpaired) electrons. The van der Waals surface area contributed by atoms with Crippen molar-refractivity contribution in [2.45, 2.75) is 13.2 Å². The quantitative estimate of drug-likeness (QED) is 0.309. The number of likely N-dealkylation sites (N-methyl/N-ethyl adjacent to an activating group) is 1. The van der Waals surface area contributed by atoms with Crippen molar-refractivity contribution in [3.05, 3.63) is 125 Å². The molecule has 0 saturated carbocycles. The smallest absolute Gasteiger partial charge is 0.258 e. The van der Waals surface area contributed by atoms with Gasteiger partial charge in [-0.3, -0.25) is 4.79 Å². The van der Waals surface area contributed by atoms with Crippen LogP contribution in [-0.2, 0) is 18.0 Å². The molecule has 0 N–H and O–H groups in total. The van der Waals surface area contributed by atoms with E-state index < -0.39 is 0 Å². The Bertz CT molecular complexity index is 1330. The Morgan fingerprint density at radius 3 is 1.97 bits per heavy atom. The molecule has 168 valence electrons. The number of anilines is 1. The summed E-state index contributed by atoms with van der Waals surface area (Å²) in [5.74, 6) is 1.29. The Kier molecular flexibility index (Phi) is 6.13. The van der Waals surface area contributed by atoms with Crippen molar-refractivity contribution < 1.29 is 14.3 Å². The molecule has 0 spiro atoms. The van der Waals surface area contributed by atoms with Gasteiger partial charge < -0.3 is 14.4 Å². The monoisotopic (exact) mass is 447 g/mol. The van der Waals surface area contributed by atoms with E-state index in [2.05, 4.69) is 0 Å².